The minimum atomic E-state index is -0.0519. The second-order valence-electron chi connectivity index (χ2n) is 6.57. The van der Waals surface area contributed by atoms with Crippen molar-refractivity contribution >= 4 is 5.91 Å². The maximum absolute atomic E-state index is 13.0. The van der Waals surface area contributed by atoms with Crippen molar-refractivity contribution in [2.45, 2.75) is 12.5 Å². The normalized spacial score (nSPS) is 16.8. The fourth-order valence-corrected chi connectivity index (χ4v) is 3.28. The van der Waals surface area contributed by atoms with Gasteiger partial charge < -0.3 is 14.4 Å². The number of methoxy groups -OCH3 is 1. The molecule has 1 aliphatic rings. The van der Waals surface area contributed by atoms with E-state index in [1.165, 1.54) is 0 Å². The van der Waals surface area contributed by atoms with Crippen LogP contribution in [0.3, 0.4) is 0 Å². The van der Waals surface area contributed by atoms with Gasteiger partial charge in [0.05, 0.1) is 19.8 Å². The van der Waals surface area contributed by atoms with Gasteiger partial charge in [-0.3, -0.25) is 9.36 Å². The van der Waals surface area contributed by atoms with Gasteiger partial charge in [0.1, 0.15) is 24.2 Å². The molecule has 3 heterocycles. The van der Waals surface area contributed by atoms with Crippen LogP contribution < -0.4 is 4.74 Å². The van der Waals surface area contributed by atoms with E-state index in [4.69, 9.17) is 9.47 Å². The summed E-state index contributed by atoms with van der Waals surface area (Å²) in [6, 6.07) is 11.4. The SMILES string of the molecule is COc1cccc(CC2CN(C(=O)c3ccnc(-n4cnnc4)c3)CCO2)c1. The average molecular weight is 379 g/mol. The number of hydrogen-bond acceptors (Lipinski definition) is 6. The van der Waals surface area contributed by atoms with Gasteiger partial charge in [0, 0.05) is 31.3 Å². The van der Waals surface area contributed by atoms with Crippen molar-refractivity contribution in [2.75, 3.05) is 26.8 Å². The van der Waals surface area contributed by atoms with Gasteiger partial charge in [-0.05, 0) is 29.8 Å². The number of hydrogen-bond donors (Lipinski definition) is 0. The van der Waals surface area contributed by atoms with Crippen LogP contribution in [0.2, 0.25) is 0 Å². The number of ether oxygens (including phenoxy) is 2. The van der Waals surface area contributed by atoms with E-state index in [1.54, 1.807) is 42.7 Å². The van der Waals surface area contributed by atoms with E-state index in [2.05, 4.69) is 15.2 Å². The van der Waals surface area contributed by atoms with Crippen LogP contribution in [0.4, 0.5) is 0 Å². The van der Waals surface area contributed by atoms with Gasteiger partial charge in [-0.25, -0.2) is 4.98 Å². The Balaban J connectivity index is 1.45. The van der Waals surface area contributed by atoms with E-state index in [1.807, 2.05) is 29.2 Å². The highest BCUT2D eigenvalue weighted by molar-refractivity contribution is 5.94. The first-order valence-corrected chi connectivity index (χ1v) is 9.08. The van der Waals surface area contributed by atoms with Gasteiger partial charge in [0.2, 0.25) is 0 Å². The van der Waals surface area contributed by atoms with Crippen molar-refractivity contribution in [3.05, 3.63) is 66.4 Å². The van der Waals surface area contributed by atoms with Crippen molar-refractivity contribution in [3.63, 3.8) is 0 Å². The molecule has 4 rings (SSSR count). The summed E-state index contributed by atoms with van der Waals surface area (Å²) in [7, 11) is 1.65. The van der Waals surface area contributed by atoms with E-state index in [0.717, 1.165) is 17.7 Å². The van der Waals surface area contributed by atoms with Gasteiger partial charge in [-0.2, -0.15) is 0 Å². The topological polar surface area (TPSA) is 82.4 Å². The third kappa shape index (κ3) is 4.01. The lowest BCUT2D eigenvalue weighted by atomic mass is 10.1. The molecule has 0 saturated carbocycles. The number of carbonyl (C=O) groups is 1. The van der Waals surface area contributed by atoms with E-state index in [-0.39, 0.29) is 12.0 Å². The molecule has 8 heteroatoms. The Morgan fingerprint density at radius 3 is 2.93 bits per heavy atom. The van der Waals surface area contributed by atoms with Crippen molar-refractivity contribution < 1.29 is 14.3 Å². The van der Waals surface area contributed by atoms with Gasteiger partial charge in [0.15, 0.2) is 0 Å². The fourth-order valence-electron chi connectivity index (χ4n) is 3.28. The van der Waals surface area contributed by atoms with E-state index in [9.17, 15) is 4.79 Å². The Morgan fingerprint density at radius 2 is 2.11 bits per heavy atom. The molecular formula is C20H21N5O3. The maximum Gasteiger partial charge on any atom is 0.254 e. The quantitative estimate of drug-likeness (QED) is 0.672. The van der Waals surface area contributed by atoms with Crippen molar-refractivity contribution in [1.82, 2.24) is 24.6 Å². The first kappa shape index (κ1) is 18.1. The maximum atomic E-state index is 13.0. The van der Waals surface area contributed by atoms with Gasteiger partial charge in [-0.15, -0.1) is 10.2 Å². The molecule has 0 N–H and O–H groups in total. The molecule has 1 amide bonds. The van der Waals surface area contributed by atoms with E-state index < -0.39 is 0 Å². The molecule has 1 unspecified atom stereocenters. The zero-order valence-corrected chi connectivity index (χ0v) is 15.6. The van der Waals surface area contributed by atoms with Crippen LogP contribution in [0.25, 0.3) is 5.82 Å². The molecule has 2 aromatic heterocycles. The van der Waals surface area contributed by atoms with E-state index >= 15 is 0 Å². The highest BCUT2D eigenvalue weighted by Crippen LogP contribution is 2.18. The summed E-state index contributed by atoms with van der Waals surface area (Å²) in [5.74, 6) is 1.40. The first-order valence-electron chi connectivity index (χ1n) is 9.08. The second-order valence-corrected chi connectivity index (χ2v) is 6.57. The van der Waals surface area contributed by atoms with E-state index in [0.29, 0.717) is 31.1 Å². The molecule has 1 aliphatic heterocycles. The molecule has 1 fully saturated rings. The summed E-state index contributed by atoms with van der Waals surface area (Å²) in [5.41, 5.74) is 1.71. The monoisotopic (exact) mass is 379 g/mol. The van der Waals surface area contributed by atoms with Crippen LogP contribution in [0.15, 0.2) is 55.2 Å². The predicted molar refractivity (Wildman–Crippen MR) is 101 cm³/mol. The molecule has 1 aromatic carbocycles. The Labute approximate surface area is 162 Å². The highest BCUT2D eigenvalue weighted by Gasteiger charge is 2.25. The number of benzene rings is 1. The Bertz CT molecular complexity index is 945. The average Bonchev–Trinajstić information content (AvgIpc) is 3.29. The Hall–Kier alpha value is -3.26. The lowest BCUT2D eigenvalue weighted by molar-refractivity contribution is -0.0208. The van der Waals surface area contributed by atoms with Crippen molar-refractivity contribution in [2.24, 2.45) is 0 Å². The van der Waals surface area contributed by atoms with Crippen molar-refractivity contribution in [1.29, 1.82) is 0 Å². The smallest absolute Gasteiger partial charge is 0.254 e. The van der Waals surface area contributed by atoms with Crippen LogP contribution >= 0.6 is 0 Å². The standard InChI is InChI=1S/C20H21N5O3/c1-27-17-4-2-3-15(9-17)10-18-12-24(7-8-28-18)20(26)16-5-6-21-19(11-16)25-13-22-23-14-25/h2-6,9,11,13-14,18H,7-8,10,12H2,1H3. The summed E-state index contributed by atoms with van der Waals surface area (Å²) in [4.78, 5) is 19.1. The summed E-state index contributed by atoms with van der Waals surface area (Å²) >= 11 is 0. The predicted octanol–water partition coefficient (Wildman–Crippen LogP) is 1.75. The molecule has 3 aromatic rings. The molecule has 144 valence electrons. The lowest BCUT2D eigenvalue weighted by Crippen LogP contribution is -2.46. The third-order valence-corrected chi connectivity index (χ3v) is 4.70. The van der Waals surface area contributed by atoms with Gasteiger partial charge in [-0.1, -0.05) is 12.1 Å². The number of morpholine rings is 1. The molecular weight excluding hydrogens is 358 g/mol. The minimum absolute atomic E-state index is 0.0318. The van der Waals surface area contributed by atoms with Crippen LogP contribution in [-0.2, 0) is 11.2 Å². The highest BCUT2D eigenvalue weighted by atomic mass is 16.5. The molecule has 0 spiro atoms. The summed E-state index contributed by atoms with van der Waals surface area (Å²) in [5, 5.41) is 7.55. The second kappa shape index (κ2) is 8.18. The molecule has 0 aliphatic carbocycles. The van der Waals surface area contributed by atoms with Crippen LogP contribution in [-0.4, -0.2) is 63.5 Å². The molecule has 28 heavy (non-hydrogen) atoms. The number of rotatable bonds is 5. The minimum Gasteiger partial charge on any atom is -0.497 e. The summed E-state index contributed by atoms with van der Waals surface area (Å²) in [6.45, 7) is 1.63. The number of carbonyl (C=O) groups excluding carboxylic acids is 1. The third-order valence-electron chi connectivity index (χ3n) is 4.70. The number of amides is 1. The number of pyridine rings is 1. The number of nitrogens with zero attached hydrogens (tertiary/aromatic N) is 5. The first-order chi connectivity index (χ1) is 13.7. The van der Waals surface area contributed by atoms with Crippen LogP contribution in [0, 0.1) is 0 Å². The Morgan fingerprint density at radius 1 is 1.25 bits per heavy atom. The van der Waals surface area contributed by atoms with Gasteiger partial charge >= 0.3 is 0 Å². The van der Waals surface area contributed by atoms with Crippen LogP contribution in [0.1, 0.15) is 15.9 Å². The van der Waals surface area contributed by atoms with Crippen LogP contribution in [0.5, 0.6) is 5.75 Å². The molecule has 0 bridgehead atoms. The van der Waals surface area contributed by atoms with Crippen molar-refractivity contribution in [3.8, 4) is 11.6 Å². The molecule has 1 saturated heterocycles. The molecule has 0 radical (unpaired) electrons. The molecule has 8 nitrogen and oxygen atoms in total. The fraction of sp³-hybridized carbons (Fsp3) is 0.300. The zero-order valence-electron chi connectivity index (χ0n) is 15.6. The molecule has 1 atom stereocenters. The summed E-state index contributed by atoms with van der Waals surface area (Å²) < 4.78 is 12.8. The van der Waals surface area contributed by atoms with Gasteiger partial charge in [0.25, 0.3) is 5.91 Å². The zero-order chi connectivity index (χ0) is 19.3. The lowest BCUT2D eigenvalue weighted by Gasteiger charge is -2.33. The Kier molecular flexibility index (Phi) is 5.29. The summed E-state index contributed by atoms with van der Waals surface area (Å²) in [6.07, 6.45) is 5.40. The number of aromatic nitrogens is 4. The largest absolute Gasteiger partial charge is 0.497 e.